The van der Waals surface area contributed by atoms with Gasteiger partial charge in [-0.25, -0.2) is 4.98 Å². The van der Waals surface area contributed by atoms with Crippen LogP contribution in [0, 0.1) is 0 Å². The maximum absolute atomic E-state index is 5.74. The zero-order valence-electron chi connectivity index (χ0n) is 11.6. The average molecular weight is 269 g/mol. The molecule has 2 N–H and O–H groups in total. The lowest BCUT2D eigenvalue weighted by Gasteiger charge is -2.19. The second-order valence-corrected chi connectivity index (χ2v) is 5.00. The lowest BCUT2D eigenvalue weighted by Crippen LogP contribution is -2.18. The number of rotatable bonds is 4. The number of hydrogen-bond acceptors (Lipinski definition) is 4. The van der Waals surface area contributed by atoms with Gasteiger partial charge in [0.2, 0.25) is 0 Å². The van der Waals surface area contributed by atoms with Crippen molar-refractivity contribution in [3.8, 4) is 5.75 Å². The Hall–Kier alpha value is -2.07. The highest BCUT2D eigenvalue weighted by atomic mass is 16.5. The van der Waals surface area contributed by atoms with Crippen molar-refractivity contribution < 1.29 is 4.74 Å². The van der Waals surface area contributed by atoms with E-state index in [2.05, 4.69) is 34.1 Å². The number of nitrogens with zero attached hydrogens (tertiary/aromatic N) is 2. The van der Waals surface area contributed by atoms with Crippen molar-refractivity contribution in [1.29, 1.82) is 0 Å². The largest absolute Gasteiger partial charge is 0.495 e. The number of anilines is 2. The van der Waals surface area contributed by atoms with Gasteiger partial charge < -0.3 is 15.4 Å². The van der Waals surface area contributed by atoms with Crippen LogP contribution in [0.1, 0.15) is 17.9 Å². The molecule has 4 nitrogen and oxygen atoms in total. The molecule has 1 atom stereocenters. The Labute approximate surface area is 119 Å². The zero-order chi connectivity index (χ0) is 13.9. The molecule has 0 amide bonds. The van der Waals surface area contributed by atoms with E-state index in [1.165, 1.54) is 11.3 Å². The summed E-state index contributed by atoms with van der Waals surface area (Å²) in [5.41, 5.74) is 8.35. The van der Waals surface area contributed by atoms with Gasteiger partial charge in [0.15, 0.2) is 0 Å². The molecule has 2 heterocycles. The Morgan fingerprint density at radius 2 is 2.15 bits per heavy atom. The first-order chi connectivity index (χ1) is 9.83. The summed E-state index contributed by atoms with van der Waals surface area (Å²) in [7, 11) is 1.65. The SMILES string of the molecule is COc1ccc(N2CC(CCN)c3ccccc32)nc1. The number of fused-ring (bicyclic) bond motifs is 1. The summed E-state index contributed by atoms with van der Waals surface area (Å²) in [6.45, 7) is 1.65. The molecule has 0 bridgehead atoms. The second kappa shape index (κ2) is 5.51. The van der Waals surface area contributed by atoms with Crippen molar-refractivity contribution in [2.75, 3.05) is 25.1 Å². The molecule has 1 aromatic heterocycles. The fraction of sp³-hybridized carbons (Fsp3) is 0.312. The third-order valence-corrected chi connectivity index (χ3v) is 3.82. The van der Waals surface area contributed by atoms with Crippen molar-refractivity contribution in [2.24, 2.45) is 5.73 Å². The third-order valence-electron chi connectivity index (χ3n) is 3.82. The third kappa shape index (κ3) is 2.23. The Morgan fingerprint density at radius 1 is 1.30 bits per heavy atom. The van der Waals surface area contributed by atoms with Crippen molar-refractivity contribution >= 4 is 11.5 Å². The van der Waals surface area contributed by atoms with Gasteiger partial charge in [0.05, 0.1) is 13.3 Å². The first-order valence-electron chi connectivity index (χ1n) is 6.90. The van der Waals surface area contributed by atoms with Crippen LogP contribution in [0.5, 0.6) is 5.75 Å². The highest BCUT2D eigenvalue weighted by molar-refractivity contribution is 5.69. The quantitative estimate of drug-likeness (QED) is 0.927. The Kier molecular flexibility index (Phi) is 3.56. The van der Waals surface area contributed by atoms with Gasteiger partial charge in [-0.2, -0.15) is 0 Å². The highest BCUT2D eigenvalue weighted by Gasteiger charge is 2.29. The summed E-state index contributed by atoms with van der Waals surface area (Å²) in [6.07, 6.45) is 2.76. The van der Waals surface area contributed by atoms with Crippen LogP contribution < -0.4 is 15.4 Å². The Balaban J connectivity index is 1.94. The van der Waals surface area contributed by atoms with E-state index in [1.807, 2.05) is 12.1 Å². The molecule has 3 rings (SSSR count). The van der Waals surface area contributed by atoms with Gasteiger partial charge >= 0.3 is 0 Å². The molecular formula is C16H19N3O. The van der Waals surface area contributed by atoms with E-state index in [4.69, 9.17) is 10.5 Å². The molecule has 1 aliphatic rings. The molecule has 20 heavy (non-hydrogen) atoms. The fourth-order valence-corrected chi connectivity index (χ4v) is 2.81. The van der Waals surface area contributed by atoms with E-state index >= 15 is 0 Å². The molecule has 0 fully saturated rings. The van der Waals surface area contributed by atoms with Crippen LogP contribution in [0.15, 0.2) is 42.6 Å². The first kappa shape index (κ1) is 12.9. The number of pyridine rings is 1. The van der Waals surface area contributed by atoms with Crippen LogP contribution in [0.2, 0.25) is 0 Å². The van der Waals surface area contributed by atoms with Gasteiger partial charge in [-0.15, -0.1) is 0 Å². The molecule has 2 aromatic rings. The molecule has 1 aromatic carbocycles. The van der Waals surface area contributed by atoms with Gasteiger partial charge in [-0.05, 0) is 36.7 Å². The van der Waals surface area contributed by atoms with Crippen LogP contribution in [-0.4, -0.2) is 25.2 Å². The van der Waals surface area contributed by atoms with Crippen molar-refractivity contribution in [2.45, 2.75) is 12.3 Å². The van der Waals surface area contributed by atoms with Crippen LogP contribution in [0.4, 0.5) is 11.5 Å². The molecule has 1 unspecified atom stereocenters. The molecule has 104 valence electrons. The highest BCUT2D eigenvalue weighted by Crippen LogP contribution is 2.41. The van der Waals surface area contributed by atoms with E-state index in [1.54, 1.807) is 13.3 Å². The Bertz CT molecular complexity index is 583. The van der Waals surface area contributed by atoms with E-state index in [0.717, 1.165) is 24.5 Å². The minimum absolute atomic E-state index is 0.486. The molecule has 0 radical (unpaired) electrons. The number of aromatic nitrogens is 1. The van der Waals surface area contributed by atoms with Crippen LogP contribution in [-0.2, 0) is 0 Å². The van der Waals surface area contributed by atoms with Crippen molar-refractivity contribution in [1.82, 2.24) is 4.98 Å². The number of hydrogen-bond donors (Lipinski definition) is 1. The van der Waals surface area contributed by atoms with E-state index in [9.17, 15) is 0 Å². The van der Waals surface area contributed by atoms with Gasteiger partial charge in [0, 0.05) is 18.2 Å². The number of benzene rings is 1. The lowest BCUT2D eigenvalue weighted by atomic mass is 9.98. The van der Waals surface area contributed by atoms with Gasteiger partial charge in [-0.1, -0.05) is 18.2 Å². The summed E-state index contributed by atoms with van der Waals surface area (Å²) in [6, 6.07) is 12.5. The zero-order valence-corrected chi connectivity index (χ0v) is 11.6. The summed E-state index contributed by atoms with van der Waals surface area (Å²) in [5, 5.41) is 0. The van der Waals surface area contributed by atoms with Crippen molar-refractivity contribution in [3.63, 3.8) is 0 Å². The Morgan fingerprint density at radius 3 is 2.85 bits per heavy atom. The van der Waals surface area contributed by atoms with E-state index < -0.39 is 0 Å². The second-order valence-electron chi connectivity index (χ2n) is 5.00. The minimum Gasteiger partial charge on any atom is -0.495 e. The van der Waals surface area contributed by atoms with Crippen molar-refractivity contribution in [3.05, 3.63) is 48.2 Å². The number of para-hydroxylation sites is 1. The maximum Gasteiger partial charge on any atom is 0.137 e. The van der Waals surface area contributed by atoms with Gasteiger partial charge in [0.1, 0.15) is 11.6 Å². The van der Waals surface area contributed by atoms with Gasteiger partial charge in [0.25, 0.3) is 0 Å². The molecule has 0 saturated heterocycles. The minimum atomic E-state index is 0.486. The molecular weight excluding hydrogens is 250 g/mol. The standard InChI is InChI=1S/C16H19N3O/c1-20-13-6-7-16(18-10-13)19-11-12(8-9-17)14-4-2-3-5-15(14)19/h2-7,10,12H,8-9,11,17H2,1H3. The number of nitrogens with two attached hydrogens (primary N) is 1. The maximum atomic E-state index is 5.74. The van der Waals surface area contributed by atoms with E-state index in [-0.39, 0.29) is 0 Å². The molecule has 0 saturated carbocycles. The van der Waals surface area contributed by atoms with E-state index in [0.29, 0.717) is 12.5 Å². The van der Waals surface area contributed by atoms with Crippen LogP contribution >= 0.6 is 0 Å². The number of methoxy groups -OCH3 is 1. The first-order valence-corrected chi connectivity index (χ1v) is 6.90. The number of ether oxygens (including phenoxy) is 1. The summed E-state index contributed by atoms with van der Waals surface area (Å²) < 4.78 is 5.16. The monoisotopic (exact) mass is 269 g/mol. The predicted molar refractivity (Wildman–Crippen MR) is 80.6 cm³/mol. The van der Waals surface area contributed by atoms with Crippen LogP contribution in [0.25, 0.3) is 0 Å². The smallest absolute Gasteiger partial charge is 0.137 e. The van der Waals surface area contributed by atoms with Crippen LogP contribution in [0.3, 0.4) is 0 Å². The summed E-state index contributed by atoms with van der Waals surface area (Å²) in [5.74, 6) is 2.22. The molecule has 1 aliphatic heterocycles. The lowest BCUT2D eigenvalue weighted by molar-refractivity contribution is 0.413. The normalized spacial score (nSPS) is 17.1. The predicted octanol–water partition coefficient (Wildman–Crippen LogP) is 2.67. The molecule has 0 spiro atoms. The topological polar surface area (TPSA) is 51.4 Å². The molecule has 4 heteroatoms. The average Bonchev–Trinajstić information content (AvgIpc) is 2.87. The summed E-state index contributed by atoms with van der Waals surface area (Å²) >= 11 is 0. The summed E-state index contributed by atoms with van der Waals surface area (Å²) in [4.78, 5) is 6.75. The van der Waals surface area contributed by atoms with Gasteiger partial charge in [-0.3, -0.25) is 0 Å². The molecule has 0 aliphatic carbocycles. The fourth-order valence-electron chi connectivity index (χ4n) is 2.81.